The summed E-state index contributed by atoms with van der Waals surface area (Å²) in [7, 11) is 0. The van der Waals surface area contributed by atoms with E-state index in [4.69, 9.17) is 5.73 Å². The second-order valence-corrected chi connectivity index (χ2v) is 3.58. The Labute approximate surface area is 87.9 Å². The number of nitrogens with zero attached hydrogens (tertiary/aromatic N) is 1. The molecule has 1 heterocycles. The molecule has 0 radical (unpaired) electrons. The zero-order chi connectivity index (χ0) is 11.0. The van der Waals surface area contributed by atoms with Gasteiger partial charge in [-0.25, -0.2) is 0 Å². The van der Waals surface area contributed by atoms with Gasteiger partial charge in [-0.15, -0.1) is 0 Å². The van der Waals surface area contributed by atoms with Crippen LogP contribution in [0.3, 0.4) is 0 Å². The molecule has 0 saturated heterocycles. The Balaban J connectivity index is 2.95. The number of hydrogen-bond acceptors (Lipinski definition) is 2. The van der Waals surface area contributed by atoms with Gasteiger partial charge in [-0.2, -0.15) is 0 Å². The average molecular weight is 200 g/mol. The molecule has 15 heavy (non-hydrogen) atoms. The number of carbonyl (C=O) groups excluding carboxylic acids is 1. The van der Waals surface area contributed by atoms with Crippen LogP contribution < -0.4 is 5.73 Å². The summed E-state index contributed by atoms with van der Waals surface area (Å²) >= 11 is 0. The van der Waals surface area contributed by atoms with Crippen molar-refractivity contribution >= 4 is 16.8 Å². The van der Waals surface area contributed by atoms with Gasteiger partial charge in [0.15, 0.2) is 0 Å². The third-order valence-electron chi connectivity index (χ3n) is 2.63. The van der Waals surface area contributed by atoms with Crippen LogP contribution in [0.4, 0.5) is 0 Å². The second kappa shape index (κ2) is 3.35. The van der Waals surface area contributed by atoms with Crippen LogP contribution >= 0.6 is 0 Å². The maximum Gasteiger partial charge on any atom is 0.249 e. The Bertz CT molecular complexity index is 547. The van der Waals surface area contributed by atoms with E-state index in [0.29, 0.717) is 5.56 Å². The van der Waals surface area contributed by atoms with E-state index in [1.165, 1.54) is 0 Å². The standard InChI is InChI=1S/C12H12N2O/c1-7-8(2)14-10-6-4-3-5-9(10)11(7)12(13)15/h3-6H,1-2H3,(H2,13,15). The highest BCUT2D eigenvalue weighted by atomic mass is 16.1. The van der Waals surface area contributed by atoms with Crippen molar-refractivity contribution in [3.8, 4) is 0 Å². The predicted octanol–water partition coefficient (Wildman–Crippen LogP) is 1.95. The summed E-state index contributed by atoms with van der Waals surface area (Å²) in [5, 5.41) is 0.827. The van der Waals surface area contributed by atoms with Gasteiger partial charge in [0.05, 0.1) is 11.1 Å². The van der Waals surface area contributed by atoms with Crippen LogP contribution in [0.1, 0.15) is 21.6 Å². The fraction of sp³-hybridized carbons (Fsp3) is 0.167. The first-order valence-electron chi connectivity index (χ1n) is 4.77. The van der Waals surface area contributed by atoms with Crippen LogP contribution in [-0.2, 0) is 0 Å². The van der Waals surface area contributed by atoms with Gasteiger partial charge in [-0.3, -0.25) is 9.78 Å². The number of carbonyl (C=O) groups is 1. The third kappa shape index (κ3) is 1.46. The molecule has 0 aliphatic rings. The number of primary amides is 1. The lowest BCUT2D eigenvalue weighted by Gasteiger charge is -2.08. The number of benzene rings is 1. The summed E-state index contributed by atoms with van der Waals surface area (Å²) in [6.45, 7) is 3.75. The Morgan fingerprint density at radius 2 is 1.93 bits per heavy atom. The first kappa shape index (κ1) is 9.65. The van der Waals surface area contributed by atoms with Crippen molar-refractivity contribution in [1.29, 1.82) is 0 Å². The van der Waals surface area contributed by atoms with Gasteiger partial charge in [-0.05, 0) is 25.5 Å². The molecular weight excluding hydrogens is 188 g/mol. The molecule has 0 aliphatic carbocycles. The van der Waals surface area contributed by atoms with Gasteiger partial charge in [-0.1, -0.05) is 18.2 Å². The summed E-state index contributed by atoms with van der Waals surface area (Å²) in [6.07, 6.45) is 0. The lowest BCUT2D eigenvalue weighted by Crippen LogP contribution is -2.14. The molecule has 1 aromatic heterocycles. The average Bonchev–Trinajstić information content (AvgIpc) is 2.19. The highest BCUT2D eigenvalue weighted by Crippen LogP contribution is 2.21. The van der Waals surface area contributed by atoms with E-state index in [0.717, 1.165) is 22.2 Å². The van der Waals surface area contributed by atoms with E-state index in [-0.39, 0.29) is 0 Å². The maximum absolute atomic E-state index is 11.4. The second-order valence-electron chi connectivity index (χ2n) is 3.58. The maximum atomic E-state index is 11.4. The van der Waals surface area contributed by atoms with E-state index < -0.39 is 5.91 Å². The minimum absolute atomic E-state index is 0.394. The minimum Gasteiger partial charge on any atom is -0.366 e. The van der Waals surface area contributed by atoms with Gasteiger partial charge in [0.2, 0.25) is 5.91 Å². The van der Waals surface area contributed by atoms with E-state index in [1.54, 1.807) is 0 Å². The Morgan fingerprint density at radius 1 is 1.27 bits per heavy atom. The number of aryl methyl sites for hydroxylation is 1. The zero-order valence-electron chi connectivity index (χ0n) is 8.74. The quantitative estimate of drug-likeness (QED) is 0.764. The lowest BCUT2D eigenvalue weighted by atomic mass is 10.0. The molecule has 3 heteroatoms. The van der Waals surface area contributed by atoms with Crippen LogP contribution in [0.15, 0.2) is 24.3 Å². The molecular formula is C12H12N2O. The molecule has 0 fully saturated rings. The van der Waals surface area contributed by atoms with Gasteiger partial charge in [0.25, 0.3) is 0 Å². The van der Waals surface area contributed by atoms with E-state index in [1.807, 2.05) is 38.1 Å². The topological polar surface area (TPSA) is 56.0 Å². The van der Waals surface area contributed by atoms with Gasteiger partial charge < -0.3 is 5.73 Å². The molecule has 76 valence electrons. The van der Waals surface area contributed by atoms with Crippen LogP contribution in [-0.4, -0.2) is 10.9 Å². The number of amides is 1. The predicted molar refractivity (Wildman–Crippen MR) is 59.7 cm³/mol. The van der Waals surface area contributed by atoms with Gasteiger partial charge in [0.1, 0.15) is 0 Å². The Kier molecular flexibility index (Phi) is 2.15. The van der Waals surface area contributed by atoms with Crippen LogP contribution in [0.25, 0.3) is 10.9 Å². The highest BCUT2D eigenvalue weighted by Gasteiger charge is 2.12. The van der Waals surface area contributed by atoms with E-state index in [2.05, 4.69) is 4.98 Å². The molecule has 0 spiro atoms. The summed E-state index contributed by atoms with van der Waals surface area (Å²) < 4.78 is 0. The van der Waals surface area contributed by atoms with Crippen molar-refractivity contribution in [1.82, 2.24) is 4.98 Å². The summed E-state index contributed by atoms with van der Waals surface area (Å²) in [5.74, 6) is -0.394. The van der Waals surface area contributed by atoms with Gasteiger partial charge >= 0.3 is 0 Å². The number of hydrogen-bond donors (Lipinski definition) is 1. The van der Waals surface area contributed by atoms with Crippen molar-refractivity contribution in [3.63, 3.8) is 0 Å². The summed E-state index contributed by atoms with van der Waals surface area (Å²) in [5.41, 5.74) is 8.49. The molecule has 0 bridgehead atoms. The molecule has 0 unspecified atom stereocenters. The number of pyridine rings is 1. The third-order valence-corrected chi connectivity index (χ3v) is 2.63. The van der Waals surface area contributed by atoms with Crippen LogP contribution in [0, 0.1) is 13.8 Å². The van der Waals surface area contributed by atoms with Crippen molar-refractivity contribution < 1.29 is 4.79 Å². The normalized spacial score (nSPS) is 10.5. The number of rotatable bonds is 1. The Morgan fingerprint density at radius 3 is 2.60 bits per heavy atom. The molecule has 2 N–H and O–H groups in total. The smallest absolute Gasteiger partial charge is 0.249 e. The fourth-order valence-corrected chi connectivity index (χ4v) is 1.75. The molecule has 0 aliphatic heterocycles. The zero-order valence-corrected chi connectivity index (χ0v) is 8.74. The highest BCUT2D eigenvalue weighted by molar-refractivity contribution is 6.06. The molecule has 3 nitrogen and oxygen atoms in total. The van der Waals surface area contributed by atoms with Crippen molar-refractivity contribution in [3.05, 3.63) is 41.1 Å². The fourth-order valence-electron chi connectivity index (χ4n) is 1.75. The first-order chi connectivity index (χ1) is 7.11. The Hall–Kier alpha value is -1.90. The van der Waals surface area contributed by atoms with Crippen LogP contribution in [0.5, 0.6) is 0 Å². The number of aromatic nitrogens is 1. The molecule has 2 aromatic rings. The first-order valence-corrected chi connectivity index (χ1v) is 4.77. The van der Waals surface area contributed by atoms with Crippen molar-refractivity contribution in [2.45, 2.75) is 13.8 Å². The minimum atomic E-state index is -0.394. The van der Waals surface area contributed by atoms with Gasteiger partial charge in [0, 0.05) is 11.1 Å². The molecule has 1 amide bonds. The SMILES string of the molecule is Cc1nc2ccccc2c(C(N)=O)c1C. The number of fused-ring (bicyclic) bond motifs is 1. The van der Waals surface area contributed by atoms with Crippen molar-refractivity contribution in [2.24, 2.45) is 5.73 Å². The van der Waals surface area contributed by atoms with Crippen LogP contribution in [0.2, 0.25) is 0 Å². The molecule has 0 atom stereocenters. The summed E-state index contributed by atoms with van der Waals surface area (Å²) in [4.78, 5) is 15.8. The number of para-hydroxylation sites is 1. The van der Waals surface area contributed by atoms with E-state index >= 15 is 0 Å². The monoisotopic (exact) mass is 200 g/mol. The van der Waals surface area contributed by atoms with E-state index in [9.17, 15) is 4.79 Å². The van der Waals surface area contributed by atoms with Crippen molar-refractivity contribution in [2.75, 3.05) is 0 Å². The number of nitrogens with two attached hydrogens (primary N) is 1. The lowest BCUT2D eigenvalue weighted by molar-refractivity contribution is 0.100. The summed E-state index contributed by atoms with van der Waals surface area (Å²) in [6, 6.07) is 7.53. The molecule has 2 rings (SSSR count). The molecule has 1 aromatic carbocycles. The largest absolute Gasteiger partial charge is 0.366 e. The molecule has 0 saturated carbocycles.